The first-order valence-electron chi connectivity index (χ1n) is 12.1. The van der Waals surface area contributed by atoms with Gasteiger partial charge >= 0.3 is 24.2 Å². The lowest BCUT2D eigenvalue weighted by atomic mass is 9.86. The van der Waals surface area contributed by atoms with E-state index in [9.17, 15) is 24.3 Å². The van der Waals surface area contributed by atoms with Gasteiger partial charge in [-0.3, -0.25) is 9.59 Å². The van der Waals surface area contributed by atoms with Crippen LogP contribution >= 0.6 is 0 Å². The van der Waals surface area contributed by atoms with Gasteiger partial charge in [-0.25, -0.2) is 9.59 Å². The molecule has 0 aliphatic carbocycles. The Hall–Kier alpha value is -3.34. The van der Waals surface area contributed by atoms with Gasteiger partial charge in [0.05, 0.1) is 13.2 Å². The smallest absolute Gasteiger partial charge is 0.480 e. The van der Waals surface area contributed by atoms with E-state index in [0.717, 1.165) is 12.8 Å². The highest BCUT2D eigenvalue weighted by atomic mass is 16.7. The van der Waals surface area contributed by atoms with Crippen molar-refractivity contribution in [2.24, 2.45) is 5.73 Å². The second-order valence-corrected chi connectivity index (χ2v) is 8.39. The molecule has 0 unspecified atom stereocenters. The van der Waals surface area contributed by atoms with Gasteiger partial charge in [-0.05, 0) is 37.5 Å². The highest BCUT2D eigenvalue weighted by Crippen LogP contribution is 2.31. The average molecular weight is 512 g/mol. The number of carbonyl (C=O) groups is 4. The van der Waals surface area contributed by atoms with Crippen LogP contribution in [-0.4, -0.2) is 54.2 Å². The number of hydrogen-bond acceptors (Lipinski definition) is 10. The largest absolute Gasteiger partial charge is 0.513 e. The topological polar surface area (TPSA) is 161 Å². The van der Waals surface area contributed by atoms with Crippen molar-refractivity contribution in [3.8, 4) is 11.5 Å². The number of ether oxygens (including phenoxy) is 5. The van der Waals surface area contributed by atoms with E-state index in [2.05, 4.69) is 0 Å². The van der Waals surface area contributed by atoms with Crippen molar-refractivity contribution in [3.05, 3.63) is 23.8 Å². The van der Waals surface area contributed by atoms with Crippen molar-refractivity contribution < 1.29 is 48.0 Å². The predicted octanol–water partition coefficient (Wildman–Crippen LogP) is 4.37. The molecule has 0 saturated carbocycles. The molecule has 1 aromatic rings. The Labute approximate surface area is 211 Å². The maximum Gasteiger partial charge on any atom is 0.513 e. The van der Waals surface area contributed by atoms with E-state index < -0.39 is 35.9 Å². The number of unbranched alkanes of at least 4 members (excludes halogenated alkanes) is 2. The Kier molecular flexibility index (Phi) is 13.3. The van der Waals surface area contributed by atoms with Crippen molar-refractivity contribution >= 4 is 24.2 Å². The third-order valence-corrected chi connectivity index (χ3v) is 5.05. The van der Waals surface area contributed by atoms with Gasteiger partial charge in [0, 0.05) is 19.3 Å². The highest BCUT2D eigenvalue weighted by molar-refractivity contribution is 5.79. The van der Waals surface area contributed by atoms with E-state index in [0.29, 0.717) is 18.4 Å². The quantitative estimate of drug-likeness (QED) is 0.149. The molecule has 36 heavy (non-hydrogen) atoms. The van der Waals surface area contributed by atoms with E-state index in [1.807, 2.05) is 13.8 Å². The van der Waals surface area contributed by atoms with Crippen LogP contribution in [0, 0.1) is 0 Å². The molecule has 0 spiro atoms. The zero-order valence-corrected chi connectivity index (χ0v) is 21.4. The zero-order valence-electron chi connectivity index (χ0n) is 21.4. The summed E-state index contributed by atoms with van der Waals surface area (Å²) in [6, 6.07) is 4.16. The summed E-state index contributed by atoms with van der Waals surface area (Å²) in [7, 11) is 0. The van der Waals surface area contributed by atoms with Crippen molar-refractivity contribution in [2.75, 3.05) is 13.2 Å². The van der Waals surface area contributed by atoms with Crippen LogP contribution in [0.5, 0.6) is 11.5 Å². The number of benzene rings is 1. The molecule has 0 fully saturated rings. The third-order valence-electron chi connectivity index (χ3n) is 5.05. The number of aliphatic carboxylic acids is 1. The molecule has 0 aliphatic heterocycles. The molecular weight excluding hydrogens is 474 g/mol. The van der Waals surface area contributed by atoms with E-state index in [1.54, 1.807) is 13.8 Å². The first kappa shape index (κ1) is 30.7. The fourth-order valence-electron chi connectivity index (χ4n) is 3.13. The molecule has 2 atom stereocenters. The summed E-state index contributed by atoms with van der Waals surface area (Å²) in [5.41, 5.74) is 4.76. The summed E-state index contributed by atoms with van der Waals surface area (Å²) in [6.07, 6.45) is -0.0354. The molecule has 0 bridgehead atoms. The summed E-state index contributed by atoms with van der Waals surface area (Å²) in [4.78, 5) is 47.7. The van der Waals surface area contributed by atoms with Crippen molar-refractivity contribution in [3.63, 3.8) is 0 Å². The van der Waals surface area contributed by atoms with Gasteiger partial charge in [-0.1, -0.05) is 39.7 Å². The van der Waals surface area contributed by atoms with Gasteiger partial charge in [-0.2, -0.15) is 0 Å². The molecule has 1 aromatic carbocycles. The third kappa shape index (κ3) is 10.9. The zero-order chi connectivity index (χ0) is 27.1. The Morgan fingerprint density at radius 1 is 0.944 bits per heavy atom. The van der Waals surface area contributed by atoms with Gasteiger partial charge in [0.1, 0.15) is 11.6 Å². The maximum atomic E-state index is 12.1. The molecule has 0 aliphatic rings. The lowest BCUT2D eigenvalue weighted by molar-refractivity contribution is -0.153. The fraction of sp³-hybridized carbons (Fsp3) is 0.600. The summed E-state index contributed by atoms with van der Waals surface area (Å²) in [5.74, 6) is -2.06. The van der Waals surface area contributed by atoms with E-state index in [-0.39, 0.29) is 44.0 Å². The monoisotopic (exact) mass is 511 g/mol. The van der Waals surface area contributed by atoms with Crippen LogP contribution < -0.4 is 15.2 Å². The first-order valence-corrected chi connectivity index (χ1v) is 12.1. The van der Waals surface area contributed by atoms with Crippen LogP contribution in [0.2, 0.25) is 0 Å². The lowest BCUT2D eigenvalue weighted by Crippen LogP contribution is -2.52. The fourth-order valence-corrected chi connectivity index (χ4v) is 3.13. The SMILES string of the molecule is CCCCOC(=O)Oc1ccc(C[C@](N)(C[C@H](C)OC(=O)CC)C(=O)O)cc1OC(=O)OCCCC. The molecule has 202 valence electrons. The number of nitrogens with two attached hydrogens (primary N) is 1. The minimum Gasteiger partial charge on any atom is -0.480 e. The van der Waals surface area contributed by atoms with Gasteiger partial charge in [-0.15, -0.1) is 0 Å². The molecule has 0 aromatic heterocycles. The van der Waals surface area contributed by atoms with E-state index in [4.69, 9.17) is 29.4 Å². The molecule has 0 amide bonds. The minimum atomic E-state index is -1.80. The second kappa shape index (κ2) is 15.6. The van der Waals surface area contributed by atoms with Crippen molar-refractivity contribution in [1.82, 2.24) is 0 Å². The van der Waals surface area contributed by atoms with Crippen LogP contribution in [0.4, 0.5) is 9.59 Å². The van der Waals surface area contributed by atoms with Gasteiger partial charge in [0.2, 0.25) is 0 Å². The van der Waals surface area contributed by atoms with Gasteiger partial charge in [0.25, 0.3) is 0 Å². The number of rotatable bonds is 15. The Morgan fingerprint density at radius 2 is 1.50 bits per heavy atom. The number of esters is 1. The Balaban J connectivity index is 3.13. The van der Waals surface area contributed by atoms with Crippen molar-refractivity contribution in [1.29, 1.82) is 0 Å². The number of carbonyl (C=O) groups excluding carboxylic acids is 3. The normalized spacial score (nSPS) is 13.1. The molecule has 11 heteroatoms. The second-order valence-electron chi connectivity index (χ2n) is 8.39. The molecule has 1 rings (SSSR count). The van der Waals surface area contributed by atoms with Gasteiger partial charge < -0.3 is 34.5 Å². The molecular formula is C25H37NO10. The molecule has 0 heterocycles. The molecule has 0 radical (unpaired) electrons. The van der Waals surface area contributed by atoms with Gasteiger partial charge in [0.15, 0.2) is 11.5 Å². The van der Waals surface area contributed by atoms with E-state index >= 15 is 0 Å². The maximum absolute atomic E-state index is 12.1. The summed E-state index contributed by atoms with van der Waals surface area (Å²) in [6.45, 7) is 7.35. The first-order chi connectivity index (χ1) is 17.0. The van der Waals surface area contributed by atoms with Crippen LogP contribution in [0.15, 0.2) is 18.2 Å². The predicted molar refractivity (Wildman–Crippen MR) is 129 cm³/mol. The van der Waals surface area contributed by atoms with Crippen LogP contribution in [0.1, 0.15) is 71.8 Å². The number of hydrogen-bond donors (Lipinski definition) is 2. The summed E-state index contributed by atoms with van der Waals surface area (Å²) < 4.78 is 25.6. The van der Waals surface area contributed by atoms with Crippen LogP contribution in [0.3, 0.4) is 0 Å². The average Bonchev–Trinajstić information content (AvgIpc) is 2.80. The van der Waals surface area contributed by atoms with E-state index in [1.165, 1.54) is 18.2 Å². The number of carboxylic acids is 1. The summed E-state index contributed by atoms with van der Waals surface area (Å²) in [5, 5.41) is 9.79. The van der Waals surface area contributed by atoms with Crippen LogP contribution in [0.25, 0.3) is 0 Å². The minimum absolute atomic E-state index is 0.115. The molecule has 3 N–H and O–H groups in total. The molecule has 0 saturated heterocycles. The standard InChI is InChI=1S/C25H37NO10/c1-5-8-12-32-23(30)35-19-11-10-18(14-20(19)36-24(31)33-13-9-6-2)16-25(26,22(28)29)15-17(4)34-21(27)7-3/h10-11,14,17H,5-9,12-13,15-16,26H2,1-4H3,(H,28,29)/t17-,25+/m0/s1. The van der Waals surface area contributed by atoms with Crippen molar-refractivity contribution in [2.45, 2.75) is 84.3 Å². The summed E-state index contributed by atoms with van der Waals surface area (Å²) >= 11 is 0. The number of carboxylic acid groups (broad SMARTS) is 1. The Morgan fingerprint density at radius 3 is 2.00 bits per heavy atom. The van der Waals surface area contributed by atoms with Crippen LogP contribution in [-0.2, 0) is 30.2 Å². The highest BCUT2D eigenvalue weighted by Gasteiger charge is 2.37. The Bertz CT molecular complexity index is 888. The molecule has 11 nitrogen and oxygen atoms in total. The lowest BCUT2D eigenvalue weighted by Gasteiger charge is -2.28.